The van der Waals surface area contributed by atoms with E-state index in [9.17, 15) is 4.79 Å². The Balaban J connectivity index is 1.65. The Morgan fingerprint density at radius 1 is 1.16 bits per heavy atom. The first kappa shape index (κ1) is 14.8. The number of rotatable bonds is 5. The van der Waals surface area contributed by atoms with Crippen LogP contribution in [0.1, 0.15) is 51.4 Å². The summed E-state index contributed by atoms with van der Waals surface area (Å²) in [7, 11) is 1.92. The monoisotopic (exact) mass is 269 g/mol. The zero-order valence-corrected chi connectivity index (χ0v) is 12.1. The SMILES string of the molecule is CN(C(=O)COC[C@@H]1CCCO1)C1CCCCCC1. The van der Waals surface area contributed by atoms with Crippen molar-refractivity contribution in [1.82, 2.24) is 4.90 Å². The van der Waals surface area contributed by atoms with E-state index in [1.165, 1.54) is 25.7 Å². The molecule has 1 atom stereocenters. The van der Waals surface area contributed by atoms with Crippen molar-refractivity contribution in [3.63, 3.8) is 0 Å². The predicted molar refractivity (Wildman–Crippen MR) is 74.1 cm³/mol. The van der Waals surface area contributed by atoms with Gasteiger partial charge in [-0.05, 0) is 25.7 Å². The number of hydrogen-bond acceptors (Lipinski definition) is 3. The average Bonchev–Trinajstić information content (AvgIpc) is 2.78. The van der Waals surface area contributed by atoms with Crippen molar-refractivity contribution in [1.29, 1.82) is 0 Å². The molecule has 1 saturated heterocycles. The Bertz CT molecular complexity index is 269. The Morgan fingerprint density at radius 3 is 2.53 bits per heavy atom. The molecule has 0 aromatic heterocycles. The summed E-state index contributed by atoms with van der Waals surface area (Å²) in [6, 6.07) is 0.418. The number of nitrogens with zero attached hydrogens (tertiary/aromatic N) is 1. The van der Waals surface area contributed by atoms with E-state index in [1.807, 2.05) is 11.9 Å². The van der Waals surface area contributed by atoms with Gasteiger partial charge in [-0.3, -0.25) is 4.79 Å². The molecule has 2 aliphatic rings. The first-order valence-corrected chi connectivity index (χ1v) is 7.72. The summed E-state index contributed by atoms with van der Waals surface area (Å²) < 4.78 is 11.0. The first-order chi connectivity index (χ1) is 9.27. The van der Waals surface area contributed by atoms with Crippen LogP contribution in [0.4, 0.5) is 0 Å². The van der Waals surface area contributed by atoms with Gasteiger partial charge in [-0.1, -0.05) is 25.7 Å². The zero-order valence-electron chi connectivity index (χ0n) is 12.1. The second kappa shape index (κ2) is 7.85. The van der Waals surface area contributed by atoms with Crippen LogP contribution in [-0.2, 0) is 14.3 Å². The van der Waals surface area contributed by atoms with E-state index >= 15 is 0 Å². The number of ether oxygens (including phenoxy) is 2. The van der Waals surface area contributed by atoms with Gasteiger partial charge in [0.15, 0.2) is 0 Å². The second-order valence-electron chi connectivity index (χ2n) is 5.80. The Morgan fingerprint density at radius 2 is 1.89 bits per heavy atom. The maximum atomic E-state index is 12.1. The summed E-state index contributed by atoms with van der Waals surface area (Å²) in [5.41, 5.74) is 0. The Hall–Kier alpha value is -0.610. The summed E-state index contributed by atoms with van der Waals surface area (Å²) in [6.45, 7) is 1.60. The molecule has 0 spiro atoms. The highest BCUT2D eigenvalue weighted by Gasteiger charge is 2.22. The average molecular weight is 269 g/mol. The number of likely N-dealkylation sites (N-methyl/N-ethyl adjacent to an activating group) is 1. The Labute approximate surface area is 116 Å². The van der Waals surface area contributed by atoms with Crippen LogP contribution in [0.5, 0.6) is 0 Å². The number of carbonyl (C=O) groups excluding carboxylic acids is 1. The first-order valence-electron chi connectivity index (χ1n) is 7.72. The molecule has 1 amide bonds. The summed E-state index contributed by atoms with van der Waals surface area (Å²) in [4.78, 5) is 14.0. The molecule has 2 rings (SSSR count). The van der Waals surface area contributed by atoms with Crippen molar-refractivity contribution in [3.8, 4) is 0 Å². The molecule has 1 heterocycles. The lowest BCUT2D eigenvalue weighted by molar-refractivity contribution is -0.138. The van der Waals surface area contributed by atoms with Crippen LogP contribution in [0.2, 0.25) is 0 Å². The molecule has 4 heteroatoms. The maximum Gasteiger partial charge on any atom is 0.248 e. The highest BCUT2D eigenvalue weighted by molar-refractivity contribution is 5.77. The van der Waals surface area contributed by atoms with Crippen molar-refractivity contribution < 1.29 is 14.3 Å². The molecule has 0 aromatic carbocycles. The quantitative estimate of drug-likeness (QED) is 0.719. The fourth-order valence-corrected chi connectivity index (χ4v) is 3.00. The molecule has 0 N–H and O–H groups in total. The Kier molecular flexibility index (Phi) is 6.11. The van der Waals surface area contributed by atoms with Crippen LogP contribution in [0.25, 0.3) is 0 Å². The van der Waals surface area contributed by atoms with Crippen molar-refractivity contribution in [2.45, 2.75) is 63.5 Å². The molecule has 1 saturated carbocycles. The fourth-order valence-electron chi connectivity index (χ4n) is 3.00. The van der Waals surface area contributed by atoms with Gasteiger partial charge in [0, 0.05) is 19.7 Å². The molecule has 1 aliphatic heterocycles. The number of hydrogen-bond donors (Lipinski definition) is 0. The van der Waals surface area contributed by atoms with Gasteiger partial charge in [-0.15, -0.1) is 0 Å². The molecule has 4 nitrogen and oxygen atoms in total. The molecule has 0 unspecified atom stereocenters. The van der Waals surface area contributed by atoms with Crippen LogP contribution in [0.15, 0.2) is 0 Å². The highest BCUT2D eigenvalue weighted by Crippen LogP contribution is 2.21. The van der Waals surface area contributed by atoms with E-state index in [-0.39, 0.29) is 18.6 Å². The van der Waals surface area contributed by atoms with Gasteiger partial charge in [0.1, 0.15) is 6.61 Å². The maximum absolute atomic E-state index is 12.1. The minimum Gasteiger partial charge on any atom is -0.376 e. The summed E-state index contributed by atoms with van der Waals surface area (Å²) in [5, 5.41) is 0. The van der Waals surface area contributed by atoms with Crippen molar-refractivity contribution >= 4 is 5.91 Å². The minimum absolute atomic E-state index is 0.116. The van der Waals surface area contributed by atoms with Crippen LogP contribution >= 0.6 is 0 Å². The van der Waals surface area contributed by atoms with Gasteiger partial charge in [0.25, 0.3) is 0 Å². The van der Waals surface area contributed by atoms with Gasteiger partial charge in [0.2, 0.25) is 5.91 Å². The lowest BCUT2D eigenvalue weighted by Crippen LogP contribution is -2.39. The predicted octanol–water partition coefficient (Wildman–Crippen LogP) is 2.36. The van der Waals surface area contributed by atoms with Crippen LogP contribution in [0.3, 0.4) is 0 Å². The molecular weight excluding hydrogens is 242 g/mol. The molecular formula is C15H27NO3. The number of amides is 1. The third-order valence-corrected chi connectivity index (χ3v) is 4.32. The van der Waals surface area contributed by atoms with E-state index in [2.05, 4.69) is 0 Å². The van der Waals surface area contributed by atoms with E-state index in [4.69, 9.17) is 9.47 Å². The lowest BCUT2D eigenvalue weighted by Gasteiger charge is -2.27. The van der Waals surface area contributed by atoms with E-state index in [1.54, 1.807) is 0 Å². The van der Waals surface area contributed by atoms with Crippen molar-refractivity contribution in [2.24, 2.45) is 0 Å². The van der Waals surface area contributed by atoms with Crippen LogP contribution < -0.4 is 0 Å². The normalized spacial score (nSPS) is 25.2. The van der Waals surface area contributed by atoms with Crippen LogP contribution in [-0.4, -0.2) is 49.8 Å². The summed E-state index contributed by atoms with van der Waals surface area (Å²) in [5.74, 6) is 0.116. The van der Waals surface area contributed by atoms with E-state index in [0.29, 0.717) is 12.6 Å². The topological polar surface area (TPSA) is 38.8 Å². The van der Waals surface area contributed by atoms with Crippen molar-refractivity contribution in [3.05, 3.63) is 0 Å². The van der Waals surface area contributed by atoms with Gasteiger partial charge in [-0.2, -0.15) is 0 Å². The molecule has 1 aliphatic carbocycles. The molecule has 0 aromatic rings. The number of carbonyl (C=O) groups is 1. The third kappa shape index (κ3) is 4.77. The fraction of sp³-hybridized carbons (Fsp3) is 0.933. The third-order valence-electron chi connectivity index (χ3n) is 4.32. The molecule has 2 fully saturated rings. The molecule has 19 heavy (non-hydrogen) atoms. The second-order valence-corrected chi connectivity index (χ2v) is 5.80. The summed E-state index contributed by atoms with van der Waals surface area (Å²) >= 11 is 0. The lowest BCUT2D eigenvalue weighted by atomic mass is 10.1. The summed E-state index contributed by atoms with van der Waals surface area (Å²) in [6.07, 6.45) is 9.80. The van der Waals surface area contributed by atoms with E-state index < -0.39 is 0 Å². The molecule has 0 bridgehead atoms. The largest absolute Gasteiger partial charge is 0.376 e. The molecule has 110 valence electrons. The molecule has 0 radical (unpaired) electrons. The van der Waals surface area contributed by atoms with Gasteiger partial charge >= 0.3 is 0 Å². The standard InChI is InChI=1S/C15H27NO3/c1-16(13-7-4-2-3-5-8-13)15(17)12-18-11-14-9-6-10-19-14/h13-14H,2-12H2,1H3/t14-/m0/s1. The van der Waals surface area contributed by atoms with Gasteiger partial charge in [-0.25, -0.2) is 0 Å². The zero-order chi connectivity index (χ0) is 13.5. The van der Waals surface area contributed by atoms with E-state index in [0.717, 1.165) is 32.3 Å². The van der Waals surface area contributed by atoms with Crippen molar-refractivity contribution in [2.75, 3.05) is 26.9 Å². The smallest absolute Gasteiger partial charge is 0.248 e. The highest BCUT2D eigenvalue weighted by atomic mass is 16.5. The van der Waals surface area contributed by atoms with Gasteiger partial charge in [0.05, 0.1) is 12.7 Å². The van der Waals surface area contributed by atoms with Crippen LogP contribution in [0, 0.1) is 0 Å². The minimum atomic E-state index is 0.116. The van der Waals surface area contributed by atoms with Gasteiger partial charge < -0.3 is 14.4 Å².